The van der Waals surface area contributed by atoms with Crippen molar-refractivity contribution in [2.75, 3.05) is 33.3 Å². The van der Waals surface area contributed by atoms with E-state index in [0.717, 1.165) is 10.2 Å². The number of carbonyl (C=O) groups excluding carboxylic acids is 2. The molecule has 0 unspecified atom stereocenters. The van der Waals surface area contributed by atoms with Crippen molar-refractivity contribution in [3.63, 3.8) is 0 Å². The van der Waals surface area contributed by atoms with Crippen LogP contribution in [0.3, 0.4) is 0 Å². The van der Waals surface area contributed by atoms with Crippen molar-refractivity contribution in [2.45, 2.75) is 0 Å². The lowest BCUT2D eigenvalue weighted by Crippen LogP contribution is -2.21. The topological polar surface area (TPSA) is 96.0 Å². The number of aromatic nitrogens is 1. The Morgan fingerprint density at radius 3 is 2.39 bits per heavy atom. The molecule has 0 fully saturated rings. The number of carbonyl (C=O) groups is 2. The number of hydrogen-bond donors (Lipinski definition) is 1. The summed E-state index contributed by atoms with van der Waals surface area (Å²) in [5.74, 6) is 0.0650. The van der Waals surface area contributed by atoms with Crippen LogP contribution >= 0.6 is 11.3 Å². The molecule has 0 atom stereocenters. The zero-order chi connectivity index (χ0) is 20.1. The zero-order valence-electron chi connectivity index (χ0n) is 15.5. The standard InChI is InChI=1S/C19H18N2O6S/c1-24-11-7-8-12-15(9-11)28-19(20-12)21-16(22)10-27-18(23)17-13(25-2)5-4-6-14(17)26-3/h4-9H,10H2,1-3H3,(H,20,21,22). The summed E-state index contributed by atoms with van der Waals surface area (Å²) in [5.41, 5.74) is 0.851. The summed E-state index contributed by atoms with van der Waals surface area (Å²) < 4.78 is 21.5. The molecule has 0 aliphatic rings. The first-order chi connectivity index (χ1) is 13.5. The molecule has 0 aliphatic carbocycles. The molecule has 1 heterocycles. The zero-order valence-corrected chi connectivity index (χ0v) is 16.3. The van der Waals surface area contributed by atoms with Gasteiger partial charge in [0.15, 0.2) is 11.7 Å². The summed E-state index contributed by atoms with van der Waals surface area (Å²) in [6, 6.07) is 10.3. The average molecular weight is 402 g/mol. The van der Waals surface area contributed by atoms with E-state index in [0.29, 0.717) is 22.4 Å². The first-order valence-electron chi connectivity index (χ1n) is 8.18. The second-order valence-corrected chi connectivity index (χ2v) is 6.55. The minimum Gasteiger partial charge on any atom is -0.497 e. The Labute approximate surface area is 165 Å². The second kappa shape index (κ2) is 8.57. The smallest absolute Gasteiger partial charge is 0.346 e. The van der Waals surface area contributed by atoms with Crippen molar-refractivity contribution >= 4 is 38.6 Å². The van der Waals surface area contributed by atoms with Gasteiger partial charge in [0.1, 0.15) is 22.8 Å². The molecule has 1 aromatic heterocycles. The second-order valence-electron chi connectivity index (χ2n) is 5.51. The minimum atomic E-state index is -0.724. The van der Waals surface area contributed by atoms with Crippen molar-refractivity contribution in [2.24, 2.45) is 0 Å². The Kier molecular flexibility index (Phi) is 5.95. The van der Waals surface area contributed by atoms with Crippen LogP contribution in [0, 0.1) is 0 Å². The van der Waals surface area contributed by atoms with E-state index in [1.165, 1.54) is 25.6 Å². The predicted octanol–water partition coefficient (Wildman–Crippen LogP) is 3.12. The summed E-state index contributed by atoms with van der Waals surface area (Å²) in [6.07, 6.45) is 0. The largest absolute Gasteiger partial charge is 0.497 e. The Bertz CT molecular complexity index is 995. The Morgan fingerprint density at radius 2 is 1.75 bits per heavy atom. The van der Waals surface area contributed by atoms with Gasteiger partial charge in [-0.15, -0.1) is 0 Å². The van der Waals surface area contributed by atoms with E-state index in [1.807, 2.05) is 6.07 Å². The van der Waals surface area contributed by atoms with Crippen LogP contribution in [0.4, 0.5) is 5.13 Å². The molecule has 3 rings (SSSR count). The van der Waals surface area contributed by atoms with Crippen LogP contribution in [0.25, 0.3) is 10.2 Å². The fourth-order valence-corrected chi connectivity index (χ4v) is 3.41. The molecular formula is C19H18N2O6S. The van der Waals surface area contributed by atoms with E-state index in [1.54, 1.807) is 37.4 Å². The highest BCUT2D eigenvalue weighted by molar-refractivity contribution is 7.22. The molecule has 0 bridgehead atoms. The van der Waals surface area contributed by atoms with E-state index in [2.05, 4.69) is 10.3 Å². The van der Waals surface area contributed by atoms with Crippen molar-refractivity contribution < 1.29 is 28.5 Å². The van der Waals surface area contributed by atoms with E-state index in [9.17, 15) is 9.59 Å². The van der Waals surface area contributed by atoms with Crippen LogP contribution in [0.1, 0.15) is 10.4 Å². The molecule has 0 spiro atoms. The molecule has 1 N–H and O–H groups in total. The molecule has 2 aromatic carbocycles. The first kappa shape index (κ1) is 19.4. The summed E-state index contributed by atoms with van der Waals surface area (Å²) in [7, 11) is 4.44. The van der Waals surface area contributed by atoms with Gasteiger partial charge in [-0.05, 0) is 30.3 Å². The quantitative estimate of drug-likeness (QED) is 0.607. The van der Waals surface area contributed by atoms with Gasteiger partial charge in [0.2, 0.25) is 0 Å². The van der Waals surface area contributed by atoms with Gasteiger partial charge in [-0.3, -0.25) is 10.1 Å². The van der Waals surface area contributed by atoms with Gasteiger partial charge in [0, 0.05) is 0 Å². The number of thiazole rings is 1. The fourth-order valence-electron chi connectivity index (χ4n) is 2.50. The van der Waals surface area contributed by atoms with Crippen LogP contribution < -0.4 is 19.5 Å². The molecule has 3 aromatic rings. The first-order valence-corrected chi connectivity index (χ1v) is 9.00. The number of ether oxygens (including phenoxy) is 4. The highest BCUT2D eigenvalue weighted by Crippen LogP contribution is 2.30. The van der Waals surface area contributed by atoms with Gasteiger partial charge in [0.25, 0.3) is 5.91 Å². The van der Waals surface area contributed by atoms with E-state index in [4.69, 9.17) is 18.9 Å². The van der Waals surface area contributed by atoms with Crippen molar-refractivity contribution in [1.29, 1.82) is 0 Å². The monoisotopic (exact) mass is 402 g/mol. The maximum Gasteiger partial charge on any atom is 0.346 e. The van der Waals surface area contributed by atoms with Gasteiger partial charge < -0.3 is 18.9 Å². The lowest BCUT2D eigenvalue weighted by Gasteiger charge is -2.12. The molecule has 9 heteroatoms. The SMILES string of the molecule is COc1ccc2nc(NC(=O)COC(=O)c3c(OC)cccc3OC)sc2c1. The lowest BCUT2D eigenvalue weighted by molar-refractivity contribution is -0.119. The van der Waals surface area contributed by atoms with Gasteiger partial charge in [-0.2, -0.15) is 0 Å². The maximum atomic E-state index is 12.4. The summed E-state index contributed by atoms with van der Waals surface area (Å²) >= 11 is 1.29. The maximum absolute atomic E-state index is 12.4. The van der Waals surface area contributed by atoms with E-state index >= 15 is 0 Å². The van der Waals surface area contributed by atoms with Crippen molar-refractivity contribution in [3.05, 3.63) is 42.0 Å². The fraction of sp³-hybridized carbons (Fsp3) is 0.211. The normalized spacial score (nSPS) is 10.4. The number of nitrogens with one attached hydrogen (secondary N) is 1. The molecule has 0 radical (unpaired) electrons. The van der Waals surface area contributed by atoms with Crippen LogP contribution in [0.15, 0.2) is 36.4 Å². The van der Waals surface area contributed by atoms with Crippen LogP contribution in [-0.4, -0.2) is 44.8 Å². The Hall–Kier alpha value is -3.33. The molecular weight excluding hydrogens is 384 g/mol. The summed E-state index contributed by atoms with van der Waals surface area (Å²) in [5, 5.41) is 3.02. The number of amides is 1. The predicted molar refractivity (Wildman–Crippen MR) is 105 cm³/mol. The molecule has 0 aliphatic heterocycles. The number of benzene rings is 2. The highest BCUT2D eigenvalue weighted by atomic mass is 32.1. The molecule has 146 valence electrons. The summed E-state index contributed by atoms with van der Waals surface area (Å²) in [6.45, 7) is -0.473. The lowest BCUT2D eigenvalue weighted by atomic mass is 10.2. The van der Waals surface area contributed by atoms with Crippen LogP contribution in [-0.2, 0) is 9.53 Å². The number of methoxy groups -OCH3 is 3. The number of rotatable bonds is 7. The Balaban J connectivity index is 1.65. The number of anilines is 1. The van der Waals surface area contributed by atoms with Gasteiger partial charge >= 0.3 is 5.97 Å². The highest BCUT2D eigenvalue weighted by Gasteiger charge is 2.21. The van der Waals surface area contributed by atoms with Crippen LogP contribution in [0.2, 0.25) is 0 Å². The molecule has 8 nitrogen and oxygen atoms in total. The third-order valence-corrected chi connectivity index (χ3v) is 4.74. The van der Waals surface area contributed by atoms with Gasteiger partial charge in [-0.1, -0.05) is 17.4 Å². The molecule has 28 heavy (non-hydrogen) atoms. The third kappa shape index (κ3) is 4.15. The average Bonchev–Trinajstić information content (AvgIpc) is 3.12. The Morgan fingerprint density at radius 1 is 1.04 bits per heavy atom. The van der Waals surface area contributed by atoms with E-state index in [-0.39, 0.29) is 5.56 Å². The van der Waals surface area contributed by atoms with Gasteiger partial charge in [-0.25, -0.2) is 9.78 Å². The molecule has 0 saturated carbocycles. The van der Waals surface area contributed by atoms with E-state index < -0.39 is 18.5 Å². The summed E-state index contributed by atoms with van der Waals surface area (Å²) in [4.78, 5) is 28.9. The number of esters is 1. The number of hydrogen-bond acceptors (Lipinski definition) is 8. The van der Waals surface area contributed by atoms with Crippen molar-refractivity contribution in [3.8, 4) is 17.2 Å². The molecule has 1 amide bonds. The number of fused-ring (bicyclic) bond motifs is 1. The molecule has 0 saturated heterocycles. The van der Waals surface area contributed by atoms with Gasteiger partial charge in [0.05, 0.1) is 31.5 Å². The van der Waals surface area contributed by atoms with Crippen molar-refractivity contribution in [1.82, 2.24) is 4.98 Å². The minimum absolute atomic E-state index is 0.118. The van der Waals surface area contributed by atoms with Crippen LogP contribution in [0.5, 0.6) is 17.2 Å². The number of nitrogens with zero attached hydrogens (tertiary/aromatic N) is 1. The third-order valence-electron chi connectivity index (χ3n) is 3.81.